The smallest absolute Gasteiger partial charge is 0.146 e. The maximum atomic E-state index is 13.0. The molecule has 0 fully saturated rings. The number of rotatable bonds is 3. The molecule has 0 spiro atoms. The second kappa shape index (κ2) is 4.41. The molecule has 1 rings (SSSR count). The first-order valence-corrected chi connectivity index (χ1v) is 4.07. The van der Waals surface area contributed by atoms with Crippen molar-refractivity contribution in [1.29, 1.82) is 5.26 Å². The van der Waals surface area contributed by atoms with E-state index in [-0.39, 0.29) is 5.56 Å². The Kier molecular flexibility index (Phi) is 3.21. The summed E-state index contributed by atoms with van der Waals surface area (Å²) in [5.41, 5.74) is -0.0259. The molecule has 3 nitrogen and oxygen atoms in total. The summed E-state index contributed by atoms with van der Waals surface area (Å²) in [6.45, 7) is 2.76. The number of halogens is 1. The molecule has 1 heterocycles. The fraction of sp³-hybridized carbons (Fsp3) is 0.333. The average Bonchev–Trinajstić information content (AvgIpc) is 2.15. The molecule has 0 aliphatic carbocycles. The molecule has 1 aromatic rings. The van der Waals surface area contributed by atoms with Crippen molar-refractivity contribution in [3.8, 4) is 6.07 Å². The van der Waals surface area contributed by atoms with Crippen LogP contribution in [0, 0.1) is 17.1 Å². The lowest BCUT2D eigenvalue weighted by atomic mass is 10.3. The van der Waals surface area contributed by atoms with Gasteiger partial charge in [-0.15, -0.1) is 0 Å². The first-order valence-electron chi connectivity index (χ1n) is 4.07. The van der Waals surface area contributed by atoms with Crippen LogP contribution in [0.25, 0.3) is 0 Å². The molecule has 0 aromatic carbocycles. The average molecular weight is 179 g/mol. The maximum Gasteiger partial charge on any atom is 0.146 e. The first-order chi connectivity index (χ1) is 6.27. The molecule has 68 valence electrons. The third-order valence-corrected chi connectivity index (χ3v) is 1.53. The lowest BCUT2D eigenvalue weighted by Crippen LogP contribution is -2.02. The number of hydrogen-bond donors (Lipinski definition) is 1. The lowest BCUT2D eigenvalue weighted by molar-refractivity contribution is 0.622. The summed E-state index contributed by atoms with van der Waals surface area (Å²) in [5.74, 6) is -0.0607. The van der Waals surface area contributed by atoms with Crippen LogP contribution < -0.4 is 5.32 Å². The highest BCUT2D eigenvalue weighted by Gasteiger charge is 2.02. The number of pyridine rings is 1. The van der Waals surface area contributed by atoms with Gasteiger partial charge in [0.05, 0.1) is 6.20 Å². The van der Waals surface area contributed by atoms with E-state index in [0.717, 1.165) is 13.0 Å². The van der Waals surface area contributed by atoms with E-state index in [0.29, 0.717) is 5.82 Å². The van der Waals surface area contributed by atoms with Crippen molar-refractivity contribution in [2.45, 2.75) is 13.3 Å². The summed E-state index contributed by atoms with van der Waals surface area (Å²) in [6.07, 6.45) is 2.18. The molecule has 0 saturated heterocycles. The number of nitrogens with zero attached hydrogens (tertiary/aromatic N) is 2. The summed E-state index contributed by atoms with van der Waals surface area (Å²) in [6, 6.07) is 2.94. The highest BCUT2D eigenvalue weighted by Crippen LogP contribution is 2.09. The Labute approximate surface area is 76.2 Å². The van der Waals surface area contributed by atoms with E-state index in [9.17, 15) is 4.39 Å². The van der Waals surface area contributed by atoms with Crippen LogP contribution in [0.15, 0.2) is 12.3 Å². The summed E-state index contributed by atoms with van der Waals surface area (Å²) in [5, 5.41) is 11.4. The van der Waals surface area contributed by atoms with E-state index in [4.69, 9.17) is 5.26 Å². The van der Waals surface area contributed by atoms with Crippen LogP contribution in [0.2, 0.25) is 0 Å². The molecule has 0 amide bonds. The van der Waals surface area contributed by atoms with E-state index in [2.05, 4.69) is 10.3 Å². The Bertz CT molecular complexity index is 330. The topological polar surface area (TPSA) is 48.7 Å². The first kappa shape index (κ1) is 9.46. The molecule has 0 radical (unpaired) electrons. The molecule has 0 atom stereocenters. The van der Waals surface area contributed by atoms with Gasteiger partial charge in [-0.05, 0) is 6.42 Å². The summed E-state index contributed by atoms with van der Waals surface area (Å²) >= 11 is 0. The number of nitriles is 1. The van der Waals surface area contributed by atoms with Gasteiger partial charge in [-0.3, -0.25) is 0 Å². The number of hydrogen-bond acceptors (Lipinski definition) is 3. The van der Waals surface area contributed by atoms with E-state index >= 15 is 0 Å². The Hall–Kier alpha value is -1.63. The van der Waals surface area contributed by atoms with Gasteiger partial charge in [-0.25, -0.2) is 9.37 Å². The highest BCUT2D eigenvalue weighted by atomic mass is 19.1. The van der Waals surface area contributed by atoms with Crippen molar-refractivity contribution in [2.24, 2.45) is 0 Å². The second-order valence-corrected chi connectivity index (χ2v) is 2.59. The van der Waals surface area contributed by atoms with E-state index in [1.807, 2.05) is 6.92 Å². The Morgan fingerprint density at radius 1 is 1.69 bits per heavy atom. The zero-order chi connectivity index (χ0) is 9.68. The summed E-state index contributed by atoms with van der Waals surface area (Å²) in [7, 11) is 0. The number of aromatic nitrogens is 1. The maximum absolute atomic E-state index is 13.0. The van der Waals surface area contributed by atoms with Gasteiger partial charge in [0.25, 0.3) is 0 Å². The number of anilines is 1. The van der Waals surface area contributed by atoms with Crippen molar-refractivity contribution >= 4 is 5.82 Å². The van der Waals surface area contributed by atoms with E-state index < -0.39 is 5.82 Å². The molecule has 0 saturated carbocycles. The monoisotopic (exact) mass is 179 g/mol. The van der Waals surface area contributed by atoms with Crippen LogP contribution in [0.4, 0.5) is 10.2 Å². The minimum atomic E-state index is -0.531. The van der Waals surface area contributed by atoms with Crippen LogP contribution >= 0.6 is 0 Å². The minimum Gasteiger partial charge on any atom is -0.370 e. The molecule has 0 aliphatic heterocycles. The molecule has 0 aliphatic rings. The van der Waals surface area contributed by atoms with Crippen LogP contribution in [0.3, 0.4) is 0 Å². The third-order valence-electron chi connectivity index (χ3n) is 1.53. The van der Waals surface area contributed by atoms with Gasteiger partial charge in [-0.1, -0.05) is 6.92 Å². The van der Waals surface area contributed by atoms with Crippen LogP contribution in [-0.4, -0.2) is 11.5 Å². The zero-order valence-electron chi connectivity index (χ0n) is 7.34. The molecule has 0 unspecified atom stereocenters. The molecule has 1 aromatic heterocycles. The van der Waals surface area contributed by atoms with Crippen molar-refractivity contribution in [1.82, 2.24) is 4.98 Å². The zero-order valence-corrected chi connectivity index (χ0v) is 7.34. The highest BCUT2D eigenvalue weighted by molar-refractivity contribution is 5.40. The van der Waals surface area contributed by atoms with Crippen LogP contribution in [0.5, 0.6) is 0 Å². The molecular weight excluding hydrogens is 169 g/mol. The molecule has 13 heavy (non-hydrogen) atoms. The van der Waals surface area contributed by atoms with Crippen molar-refractivity contribution in [3.63, 3.8) is 0 Å². The summed E-state index contributed by atoms with van der Waals surface area (Å²) in [4.78, 5) is 3.87. The lowest BCUT2D eigenvalue weighted by Gasteiger charge is -2.02. The van der Waals surface area contributed by atoms with Gasteiger partial charge in [0.2, 0.25) is 0 Å². The fourth-order valence-corrected chi connectivity index (χ4v) is 0.863. The van der Waals surface area contributed by atoms with E-state index in [1.165, 1.54) is 12.3 Å². The van der Waals surface area contributed by atoms with Crippen LogP contribution in [-0.2, 0) is 0 Å². The quantitative estimate of drug-likeness (QED) is 0.771. The van der Waals surface area contributed by atoms with Crippen molar-refractivity contribution in [3.05, 3.63) is 23.6 Å². The van der Waals surface area contributed by atoms with Gasteiger partial charge in [-0.2, -0.15) is 5.26 Å². The molecular formula is C9H10FN3. The Balaban J connectivity index is 2.79. The number of nitrogens with one attached hydrogen (secondary N) is 1. The standard InChI is InChI=1S/C9H10FN3/c1-2-3-12-9-4-8(10)7(5-11)6-13-9/h4,6H,2-3H2,1H3,(H,12,13). The normalized spacial score (nSPS) is 9.31. The molecule has 4 heteroatoms. The van der Waals surface area contributed by atoms with Gasteiger partial charge >= 0.3 is 0 Å². The third kappa shape index (κ3) is 2.41. The van der Waals surface area contributed by atoms with Gasteiger partial charge < -0.3 is 5.32 Å². The van der Waals surface area contributed by atoms with Gasteiger partial charge in [0, 0.05) is 12.6 Å². The summed E-state index contributed by atoms with van der Waals surface area (Å²) < 4.78 is 13.0. The SMILES string of the molecule is CCCNc1cc(F)c(C#N)cn1. The molecule has 0 bridgehead atoms. The van der Waals surface area contributed by atoms with E-state index in [1.54, 1.807) is 6.07 Å². The molecule has 1 N–H and O–H groups in total. The Morgan fingerprint density at radius 3 is 3.00 bits per heavy atom. The van der Waals surface area contributed by atoms with Gasteiger partial charge in [0.15, 0.2) is 0 Å². The predicted octanol–water partition coefficient (Wildman–Crippen LogP) is 1.91. The predicted molar refractivity (Wildman–Crippen MR) is 47.7 cm³/mol. The second-order valence-electron chi connectivity index (χ2n) is 2.59. The van der Waals surface area contributed by atoms with Crippen LogP contribution in [0.1, 0.15) is 18.9 Å². The Morgan fingerprint density at radius 2 is 2.46 bits per heavy atom. The van der Waals surface area contributed by atoms with Crippen molar-refractivity contribution < 1.29 is 4.39 Å². The van der Waals surface area contributed by atoms with Crippen molar-refractivity contribution in [2.75, 3.05) is 11.9 Å². The largest absolute Gasteiger partial charge is 0.370 e. The minimum absolute atomic E-state index is 0.0259. The fourth-order valence-electron chi connectivity index (χ4n) is 0.863. The van der Waals surface area contributed by atoms with Gasteiger partial charge in [0.1, 0.15) is 23.3 Å².